The summed E-state index contributed by atoms with van der Waals surface area (Å²) in [5, 5.41) is 0. The Bertz CT molecular complexity index is 184. The second-order valence-corrected chi connectivity index (χ2v) is 5.49. The lowest BCUT2D eigenvalue weighted by Crippen LogP contribution is -2.42. The maximum Gasteiger partial charge on any atom is 0.0702 e. The first kappa shape index (κ1) is 12.3. The molecule has 1 fully saturated rings. The van der Waals surface area contributed by atoms with Crippen LogP contribution in [0.3, 0.4) is 0 Å². The molecule has 1 saturated heterocycles. The molecule has 0 amide bonds. The predicted octanol–water partition coefficient (Wildman–Crippen LogP) is 2.05. The minimum atomic E-state index is 0.292. The van der Waals surface area contributed by atoms with Gasteiger partial charge in [0.15, 0.2) is 0 Å². The smallest absolute Gasteiger partial charge is 0.0702 e. The second kappa shape index (κ2) is 4.86. The lowest BCUT2D eigenvalue weighted by atomic mass is 9.94. The van der Waals surface area contributed by atoms with Gasteiger partial charge in [-0.2, -0.15) is 12.6 Å². The zero-order chi connectivity index (χ0) is 10.8. The van der Waals surface area contributed by atoms with Crippen molar-refractivity contribution in [2.75, 3.05) is 26.0 Å². The van der Waals surface area contributed by atoms with Crippen molar-refractivity contribution in [3.05, 3.63) is 0 Å². The molecule has 0 aliphatic carbocycles. The Balaban J connectivity index is 2.45. The van der Waals surface area contributed by atoms with Crippen LogP contribution in [-0.4, -0.2) is 43.0 Å². The standard InChI is InChI=1S/C11H23NOS/c1-9-10(5-6-13-9)12(4)7-11(2,3)8-14/h9-10,14H,5-8H2,1-4H3. The van der Waals surface area contributed by atoms with E-state index < -0.39 is 0 Å². The van der Waals surface area contributed by atoms with Crippen LogP contribution in [-0.2, 0) is 4.74 Å². The molecule has 1 aliphatic heterocycles. The number of rotatable bonds is 4. The summed E-state index contributed by atoms with van der Waals surface area (Å²) in [6.45, 7) is 8.70. The molecule has 0 saturated carbocycles. The van der Waals surface area contributed by atoms with Gasteiger partial charge in [-0.05, 0) is 31.6 Å². The van der Waals surface area contributed by atoms with E-state index in [-0.39, 0.29) is 0 Å². The van der Waals surface area contributed by atoms with Crippen LogP contribution in [0.4, 0.5) is 0 Å². The van der Waals surface area contributed by atoms with Crippen LogP contribution in [0.2, 0.25) is 0 Å². The molecule has 0 N–H and O–H groups in total. The molecule has 2 nitrogen and oxygen atoms in total. The van der Waals surface area contributed by atoms with E-state index in [9.17, 15) is 0 Å². The minimum Gasteiger partial charge on any atom is -0.377 e. The molecule has 2 atom stereocenters. The van der Waals surface area contributed by atoms with Crippen molar-refractivity contribution in [3.8, 4) is 0 Å². The summed E-state index contributed by atoms with van der Waals surface area (Å²) in [5.41, 5.74) is 0.292. The lowest BCUT2D eigenvalue weighted by Gasteiger charge is -2.33. The molecular weight excluding hydrogens is 194 g/mol. The van der Waals surface area contributed by atoms with E-state index in [1.165, 1.54) is 6.42 Å². The van der Waals surface area contributed by atoms with Gasteiger partial charge in [0.2, 0.25) is 0 Å². The first-order valence-corrected chi connectivity index (χ1v) is 6.02. The zero-order valence-corrected chi connectivity index (χ0v) is 10.7. The summed E-state index contributed by atoms with van der Waals surface area (Å²) >= 11 is 4.38. The Morgan fingerprint density at radius 2 is 2.14 bits per heavy atom. The molecule has 0 aromatic rings. The van der Waals surface area contributed by atoms with Gasteiger partial charge in [-0.3, -0.25) is 0 Å². The molecule has 1 heterocycles. The topological polar surface area (TPSA) is 12.5 Å². The predicted molar refractivity (Wildman–Crippen MR) is 64.1 cm³/mol. The summed E-state index contributed by atoms with van der Waals surface area (Å²) in [6, 6.07) is 0.592. The Kier molecular flexibility index (Phi) is 4.29. The highest BCUT2D eigenvalue weighted by molar-refractivity contribution is 7.80. The summed E-state index contributed by atoms with van der Waals surface area (Å²) in [7, 11) is 2.20. The fourth-order valence-corrected chi connectivity index (χ4v) is 2.24. The molecule has 0 radical (unpaired) electrons. The van der Waals surface area contributed by atoms with Crippen molar-refractivity contribution in [2.45, 2.75) is 39.3 Å². The number of ether oxygens (including phenoxy) is 1. The fourth-order valence-electron chi connectivity index (χ4n) is 2.14. The van der Waals surface area contributed by atoms with E-state index in [4.69, 9.17) is 4.74 Å². The molecule has 0 bridgehead atoms. The average molecular weight is 217 g/mol. The molecule has 0 aromatic heterocycles. The Labute approximate surface area is 93.4 Å². The van der Waals surface area contributed by atoms with Crippen LogP contribution in [0, 0.1) is 5.41 Å². The van der Waals surface area contributed by atoms with Gasteiger partial charge in [-0.1, -0.05) is 13.8 Å². The van der Waals surface area contributed by atoms with Crippen LogP contribution in [0.15, 0.2) is 0 Å². The van der Waals surface area contributed by atoms with Gasteiger partial charge in [-0.15, -0.1) is 0 Å². The maximum absolute atomic E-state index is 5.57. The van der Waals surface area contributed by atoms with Gasteiger partial charge < -0.3 is 9.64 Å². The van der Waals surface area contributed by atoms with Crippen LogP contribution >= 0.6 is 12.6 Å². The normalized spacial score (nSPS) is 28.7. The largest absolute Gasteiger partial charge is 0.377 e. The van der Waals surface area contributed by atoms with Crippen molar-refractivity contribution < 1.29 is 4.74 Å². The Hall–Kier alpha value is 0.270. The molecule has 84 valence electrons. The number of nitrogens with zero attached hydrogens (tertiary/aromatic N) is 1. The first-order chi connectivity index (χ1) is 6.46. The quantitative estimate of drug-likeness (QED) is 0.724. The van der Waals surface area contributed by atoms with Crippen LogP contribution in [0.5, 0.6) is 0 Å². The van der Waals surface area contributed by atoms with Crippen molar-refractivity contribution in [3.63, 3.8) is 0 Å². The molecule has 1 aliphatic rings. The molecule has 3 heteroatoms. The minimum absolute atomic E-state index is 0.292. The van der Waals surface area contributed by atoms with Crippen molar-refractivity contribution >= 4 is 12.6 Å². The number of hydrogen-bond donors (Lipinski definition) is 1. The third kappa shape index (κ3) is 3.14. The third-order valence-electron chi connectivity index (χ3n) is 3.01. The SMILES string of the molecule is CC1OCCC1N(C)CC(C)(C)CS. The lowest BCUT2D eigenvalue weighted by molar-refractivity contribution is 0.0725. The molecule has 1 rings (SSSR count). The molecule has 2 unspecified atom stereocenters. The van der Waals surface area contributed by atoms with Crippen molar-refractivity contribution in [2.24, 2.45) is 5.41 Å². The van der Waals surface area contributed by atoms with Gasteiger partial charge in [0, 0.05) is 19.2 Å². The summed E-state index contributed by atoms with van der Waals surface area (Å²) in [5.74, 6) is 0.930. The Morgan fingerprint density at radius 1 is 1.50 bits per heavy atom. The summed E-state index contributed by atoms with van der Waals surface area (Å²) in [4.78, 5) is 2.42. The van der Waals surface area contributed by atoms with Gasteiger partial charge >= 0.3 is 0 Å². The number of hydrogen-bond acceptors (Lipinski definition) is 3. The van der Waals surface area contributed by atoms with E-state index in [0.717, 1.165) is 18.9 Å². The Morgan fingerprint density at radius 3 is 2.57 bits per heavy atom. The van der Waals surface area contributed by atoms with Crippen molar-refractivity contribution in [1.82, 2.24) is 4.90 Å². The monoisotopic (exact) mass is 217 g/mol. The molecule has 0 spiro atoms. The fraction of sp³-hybridized carbons (Fsp3) is 1.00. The van der Waals surface area contributed by atoms with Crippen LogP contribution < -0.4 is 0 Å². The highest BCUT2D eigenvalue weighted by Crippen LogP contribution is 2.24. The second-order valence-electron chi connectivity index (χ2n) is 5.17. The van der Waals surface area contributed by atoms with E-state index >= 15 is 0 Å². The maximum atomic E-state index is 5.57. The van der Waals surface area contributed by atoms with E-state index in [1.807, 2.05) is 0 Å². The van der Waals surface area contributed by atoms with E-state index in [0.29, 0.717) is 17.6 Å². The third-order valence-corrected chi connectivity index (χ3v) is 3.86. The van der Waals surface area contributed by atoms with Crippen molar-refractivity contribution in [1.29, 1.82) is 0 Å². The van der Waals surface area contributed by atoms with Gasteiger partial charge in [0.25, 0.3) is 0 Å². The molecular formula is C11H23NOS. The average Bonchev–Trinajstić information content (AvgIpc) is 2.51. The highest BCUT2D eigenvalue weighted by Gasteiger charge is 2.30. The van der Waals surface area contributed by atoms with Gasteiger partial charge in [0.05, 0.1) is 6.10 Å². The first-order valence-electron chi connectivity index (χ1n) is 5.39. The van der Waals surface area contributed by atoms with E-state index in [1.54, 1.807) is 0 Å². The summed E-state index contributed by atoms with van der Waals surface area (Å²) < 4.78 is 5.57. The van der Waals surface area contributed by atoms with Crippen LogP contribution in [0.25, 0.3) is 0 Å². The summed E-state index contributed by atoms with van der Waals surface area (Å²) in [6.07, 6.45) is 1.55. The van der Waals surface area contributed by atoms with Gasteiger partial charge in [-0.25, -0.2) is 0 Å². The molecule has 14 heavy (non-hydrogen) atoms. The molecule has 0 aromatic carbocycles. The number of thiol groups is 1. The number of likely N-dealkylation sites (N-methyl/N-ethyl adjacent to an activating group) is 1. The zero-order valence-electron chi connectivity index (χ0n) is 9.79. The van der Waals surface area contributed by atoms with Crippen LogP contribution in [0.1, 0.15) is 27.2 Å². The van der Waals surface area contributed by atoms with E-state index in [2.05, 4.69) is 45.3 Å². The highest BCUT2D eigenvalue weighted by atomic mass is 32.1. The van der Waals surface area contributed by atoms with Gasteiger partial charge in [0.1, 0.15) is 0 Å².